The third-order valence-corrected chi connectivity index (χ3v) is 7.44. The fraction of sp³-hybridized carbons (Fsp3) is 0.130. The quantitative estimate of drug-likeness (QED) is 0.517. The van der Waals surface area contributed by atoms with E-state index < -0.39 is 39.0 Å². The number of hydrogen-bond donors (Lipinski definition) is 2. The van der Waals surface area contributed by atoms with Crippen LogP contribution in [0.1, 0.15) is 13.3 Å². The van der Waals surface area contributed by atoms with E-state index in [1.807, 2.05) is 0 Å². The smallest absolute Gasteiger partial charge is 0.307 e. The van der Waals surface area contributed by atoms with Crippen LogP contribution in [-0.4, -0.2) is 25.5 Å². The first kappa shape index (κ1) is 23.2. The summed E-state index contributed by atoms with van der Waals surface area (Å²) in [5, 5.41) is 13.5. The van der Waals surface area contributed by atoms with Crippen molar-refractivity contribution in [2.24, 2.45) is 4.99 Å². The number of aliphatic carboxylic acids is 1. The Bertz CT molecular complexity index is 1490. The van der Waals surface area contributed by atoms with E-state index in [4.69, 9.17) is 23.2 Å². The zero-order valence-corrected chi connectivity index (χ0v) is 19.5. The minimum absolute atomic E-state index is 0.0284. The molecule has 3 aromatic carbocycles. The van der Waals surface area contributed by atoms with E-state index in [0.717, 1.165) is 6.07 Å². The number of nitrogens with zero attached hydrogens (tertiary/aromatic N) is 1. The normalized spacial score (nSPS) is 15.2. The van der Waals surface area contributed by atoms with Crippen molar-refractivity contribution in [2.45, 2.75) is 29.2 Å². The fourth-order valence-corrected chi connectivity index (χ4v) is 5.84. The lowest BCUT2D eigenvalue weighted by Gasteiger charge is -2.11. The van der Waals surface area contributed by atoms with Gasteiger partial charge in [0.25, 0.3) is 0 Å². The van der Waals surface area contributed by atoms with Crippen molar-refractivity contribution in [3.8, 4) is 0 Å². The molecule has 33 heavy (non-hydrogen) atoms. The molecule has 0 radical (unpaired) electrons. The summed E-state index contributed by atoms with van der Waals surface area (Å²) in [4.78, 5) is 14.9. The largest absolute Gasteiger partial charge is 0.481 e. The second-order valence-electron chi connectivity index (χ2n) is 7.48. The van der Waals surface area contributed by atoms with E-state index in [2.05, 4.69) is 10.3 Å². The van der Waals surface area contributed by atoms with Gasteiger partial charge in [-0.15, -0.1) is 0 Å². The van der Waals surface area contributed by atoms with Gasteiger partial charge >= 0.3 is 5.97 Å². The average Bonchev–Trinajstić information content (AvgIpc) is 3.02. The van der Waals surface area contributed by atoms with Crippen LogP contribution in [0, 0.1) is 5.82 Å². The van der Waals surface area contributed by atoms with Crippen molar-refractivity contribution in [3.05, 3.63) is 81.0 Å². The number of anilines is 2. The van der Waals surface area contributed by atoms with E-state index in [-0.39, 0.29) is 21.0 Å². The molecule has 1 atom stereocenters. The van der Waals surface area contributed by atoms with Gasteiger partial charge < -0.3 is 10.4 Å². The number of carbonyl (C=O) groups is 1. The van der Waals surface area contributed by atoms with E-state index >= 15 is 0 Å². The molecule has 1 aliphatic rings. The number of carboxylic acids is 1. The topological polar surface area (TPSA) is 95.8 Å². The van der Waals surface area contributed by atoms with Crippen LogP contribution in [0.2, 0.25) is 10.0 Å². The van der Waals surface area contributed by atoms with Gasteiger partial charge in [0, 0.05) is 26.6 Å². The molecule has 0 aromatic heterocycles. The number of hydrogen-bond acceptors (Lipinski definition) is 5. The number of sulfone groups is 1. The van der Waals surface area contributed by atoms with Crippen molar-refractivity contribution in [1.29, 1.82) is 0 Å². The number of halogens is 3. The highest BCUT2D eigenvalue weighted by Crippen LogP contribution is 2.28. The summed E-state index contributed by atoms with van der Waals surface area (Å²) in [5.74, 6) is -2.11. The third-order valence-electron chi connectivity index (χ3n) is 5.17. The van der Waals surface area contributed by atoms with Crippen LogP contribution < -0.4 is 15.9 Å². The van der Waals surface area contributed by atoms with Crippen LogP contribution in [0.3, 0.4) is 0 Å². The van der Waals surface area contributed by atoms with E-state index in [1.165, 1.54) is 30.3 Å². The molecule has 0 spiro atoms. The number of carboxylic acid groups (broad SMARTS) is 1. The van der Waals surface area contributed by atoms with Gasteiger partial charge in [0.05, 0.1) is 22.7 Å². The van der Waals surface area contributed by atoms with E-state index in [0.29, 0.717) is 21.4 Å². The highest BCUT2D eigenvalue weighted by atomic mass is 35.5. The molecule has 0 saturated heterocycles. The molecule has 4 rings (SSSR count). The lowest BCUT2D eigenvalue weighted by atomic mass is 10.0. The zero-order chi connectivity index (χ0) is 23.9. The average molecular weight is 507 g/mol. The molecule has 3 aromatic rings. The van der Waals surface area contributed by atoms with Crippen LogP contribution in [0.25, 0.3) is 5.57 Å². The van der Waals surface area contributed by atoms with Crippen LogP contribution >= 0.6 is 23.2 Å². The molecule has 0 saturated carbocycles. The van der Waals surface area contributed by atoms with Gasteiger partial charge in [-0.25, -0.2) is 12.8 Å². The molecular formula is C23H17Cl2FN2O4S. The van der Waals surface area contributed by atoms with Gasteiger partial charge in [0.15, 0.2) is 0 Å². The predicted octanol–water partition coefficient (Wildman–Crippen LogP) is 4.36. The summed E-state index contributed by atoms with van der Waals surface area (Å²) in [6, 6.07) is 12.5. The van der Waals surface area contributed by atoms with Crippen molar-refractivity contribution in [3.63, 3.8) is 0 Å². The van der Waals surface area contributed by atoms with Crippen LogP contribution in [0.4, 0.5) is 15.8 Å². The Morgan fingerprint density at radius 1 is 1.06 bits per heavy atom. The summed E-state index contributed by atoms with van der Waals surface area (Å²) < 4.78 is 41.7. The second kappa shape index (κ2) is 8.78. The molecule has 0 fully saturated rings. The highest BCUT2D eigenvalue weighted by molar-refractivity contribution is 7.91. The third kappa shape index (κ3) is 4.59. The predicted molar refractivity (Wildman–Crippen MR) is 124 cm³/mol. The molecule has 0 amide bonds. The van der Waals surface area contributed by atoms with Crippen molar-refractivity contribution in [1.82, 2.24) is 0 Å². The molecule has 1 unspecified atom stereocenters. The molecule has 170 valence electrons. The molecule has 2 N–H and O–H groups in total. The maximum atomic E-state index is 14.9. The van der Waals surface area contributed by atoms with Gasteiger partial charge in [-0.05, 0) is 67.1 Å². The Morgan fingerprint density at radius 2 is 1.70 bits per heavy atom. The first-order valence-electron chi connectivity index (χ1n) is 9.76. The number of benzene rings is 3. The number of fused-ring (bicyclic) bond motifs is 1. The van der Waals surface area contributed by atoms with Gasteiger partial charge in [-0.2, -0.15) is 0 Å². The van der Waals surface area contributed by atoms with Gasteiger partial charge in [-0.1, -0.05) is 23.2 Å². The van der Waals surface area contributed by atoms with Crippen molar-refractivity contribution < 1.29 is 22.7 Å². The van der Waals surface area contributed by atoms with Gasteiger partial charge in [0.2, 0.25) is 9.84 Å². The summed E-state index contributed by atoms with van der Waals surface area (Å²) in [6.07, 6.45) is -0.436. The Hall–Kier alpha value is -2.94. The number of rotatable bonds is 6. The maximum Gasteiger partial charge on any atom is 0.307 e. The molecule has 0 aliphatic carbocycles. The van der Waals surface area contributed by atoms with Crippen LogP contribution in [0.15, 0.2) is 69.4 Å². The van der Waals surface area contributed by atoms with Gasteiger partial charge in [0.1, 0.15) is 10.7 Å². The number of nitrogens with one attached hydrogen (secondary N) is 1. The molecule has 10 heteroatoms. The Labute approximate surface area is 198 Å². The van der Waals surface area contributed by atoms with E-state index in [1.54, 1.807) is 25.1 Å². The fourth-order valence-electron chi connectivity index (χ4n) is 3.75. The molecule has 6 nitrogen and oxygen atoms in total. The van der Waals surface area contributed by atoms with Crippen LogP contribution in [0.5, 0.6) is 0 Å². The molecule has 1 heterocycles. The minimum atomic E-state index is -4.31. The Morgan fingerprint density at radius 3 is 2.30 bits per heavy atom. The lowest BCUT2D eigenvalue weighted by molar-refractivity contribution is -0.135. The zero-order valence-electron chi connectivity index (χ0n) is 17.1. The SMILES string of the molecule is CC1N=c2ccc(F)c(S(=O)(=O)c3ccc(Nc4cc(Cl)cc(Cl)c4)cc3)c2=C1CC(=O)O. The summed E-state index contributed by atoms with van der Waals surface area (Å²) in [7, 11) is -4.31. The summed E-state index contributed by atoms with van der Waals surface area (Å²) in [5.41, 5.74) is 1.43. The van der Waals surface area contributed by atoms with Gasteiger partial charge in [-0.3, -0.25) is 9.79 Å². The Balaban J connectivity index is 1.78. The first-order valence-corrected chi connectivity index (χ1v) is 12.0. The summed E-state index contributed by atoms with van der Waals surface area (Å²) in [6.45, 7) is 1.65. The van der Waals surface area contributed by atoms with Crippen molar-refractivity contribution in [2.75, 3.05) is 5.32 Å². The first-order chi connectivity index (χ1) is 15.6. The summed E-state index contributed by atoms with van der Waals surface area (Å²) >= 11 is 12.0. The lowest BCUT2D eigenvalue weighted by Crippen LogP contribution is -2.32. The van der Waals surface area contributed by atoms with Crippen molar-refractivity contribution >= 4 is 56.0 Å². The maximum absolute atomic E-state index is 14.9. The standard InChI is InChI=1S/C23H17Cl2FN2O4S/c1-12-18(11-21(29)30)22-20(27-12)7-6-19(26)23(22)33(31,32)17-4-2-15(3-5-17)28-16-9-13(24)8-14(25)10-16/h2-10,12,28H,11H2,1H3,(H,29,30). The second-order valence-corrected chi connectivity index (χ2v) is 10.2. The molecule has 1 aliphatic heterocycles. The monoisotopic (exact) mass is 506 g/mol. The molecule has 0 bridgehead atoms. The molecular weight excluding hydrogens is 490 g/mol. The van der Waals surface area contributed by atoms with E-state index in [9.17, 15) is 22.7 Å². The van der Waals surface area contributed by atoms with Crippen LogP contribution in [-0.2, 0) is 14.6 Å². The Kier molecular flexibility index (Phi) is 6.18. The minimum Gasteiger partial charge on any atom is -0.481 e. The highest BCUT2D eigenvalue weighted by Gasteiger charge is 2.29.